The molecule has 0 fully saturated rings. The molecule has 0 atom stereocenters. The van der Waals surface area contributed by atoms with Crippen molar-refractivity contribution in [3.8, 4) is 0 Å². The molecule has 1 aromatic carbocycles. The number of amides is 1. The number of carbonyl (C=O) groups excluding carboxylic acids is 1. The van der Waals surface area contributed by atoms with E-state index in [-0.39, 0.29) is 11.4 Å². The largest absolute Gasteiger partial charge is 0.409 e. The van der Waals surface area contributed by atoms with Crippen LogP contribution in [0.4, 0.5) is 10.1 Å². The van der Waals surface area contributed by atoms with Crippen LogP contribution >= 0.6 is 0 Å². The van der Waals surface area contributed by atoms with Crippen LogP contribution < -0.4 is 11.1 Å². The number of anilines is 1. The van der Waals surface area contributed by atoms with E-state index in [0.29, 0.717) is 11.3 Å². The van der Waals surface area contributed by atoms with Gasteiger partial charge in [0.15, 0.2) is 5.84 Å². The predicted octanol–water partition coefficient (Wildman–Crippen LogP) is 1.88. The minimum Gasteiger partial charge on any atom is -0.409 e. The van der Waals surface area contributed by atoms with Crippen LogP contribution in [0, 0.1) is 12.7 Å². The number of hydrogen-bond donors (Lipinski definition) is 3. The third-order valence-electron chi connectivity index (χ3n) is 2.86. The van der Waals surface area contributed by atoms with Crippen molar-refractivity contribution in [2.24, 2.45) is 10.9 Å². The van der Waals surface area contributed by atoms with E-state index >= 15 is 0 Å². The van der Waals surface area contributed by atoms with Crippen molar-refractivity contribution in [2.75, 3.05) is 5.32 Å². The molecule has 0 aliphatic rings. The van der Waals surface area contributed by atoms with Crippen molar-refractivity contribution < 1.29 is 14.4 Å². The fourth-order valence-electron chi connectivity index (χ4n) is 1.70. The molecular weight excluding hydrogens is 275 g/mol. The summed E-state index contributed by atoms with van der Waals surface area (Å²) in [5, 5.41) is 14.2. The molecule has 2 rings (SSSR count). The van der Waals surface area contributed by atoms with Crippen LogP contribution in [0.5, 0.6) is 0 Å². The number of benzene rings is 1. The smallest absolute Gasteiger partial charge is 0.257 e. The lowest BCUT2D eigenvalue weighted by Crippen LogP contribution is -2.16. The molecular formula is C14H13FN4O2. The highest BCUT2D eigenvalue weighted by Crippen LogP contribution is 2.18. The summed E-state index contributed by atoms with van der Waals surface area (Å²) >= 11 is 0. The van der Waals surface area contributed by atoms with Gasteiger partial charge in [-0.2, -0.15) is 0 Å². The lowest BCUT2D eigenvalue weighted by Gasteiger charge is -2.10. The first-order valence-corrected chi connectivity index (χ1v) is 6.01. The minimum atomic E-state index is -0.593. The average Bonchev–Trinajstić information content (AvgIpc) is 2.48. The first-order chi connectivity index (χ1) is 10.0. The number of nitrogens with two attached hydrogens (primary N) is 1. The second-order valence-corrected chi connectivity index (χ2v) is 4.36. The van der Waals surface area contributed by atoms with Gasteiger partial charge >= 0.3 is 0 Å². The number of aryl methyl sites for hydroxylation is 1. The van der Waals surface area contributed by atoms with Crippen molar-refractivity contribution in [2.45, 2.75) is 6.92 Å². The number of hydrogen-bond acceptors (Lipinski definition) is 4. The van der Waals surface area contributed by atoms with Gasteiger partial charge in [-0.25, -0.2) is 4.39 Å². The quantitative estimate of drug-likeness (QED) is 0.347. The van der Waals surface area contributed by atoms with E-state index in [1.54, 1.807) is 25.1 Å². The molecule has 0 saturated heterocycles. The Balaban J connectivity index is 2.29. The van der Waals surface area contributed by atoms with Crippen LogP contribution in [-0.2, 0) is 0 Å². The SMILES string of the molecule is Cc1ccc(/C(N)=N/O)cc1NC(=O)c1cncc(F)c1. The number of oxime groups is 1. The zero-order valence-corrected chi connectivity index (χ0v) is 11.2. The van der Waals surface area contributed by atoms with Crippen LogP contribution in [0.15, 0.2) is 41.8 Å². The van der Waals surface area contributed by atoms with Gasteiger partial charge in [0.1, 0.15) is 5.82 Å². The van der Waals surface area contributed by atoms with Crippen LogP contribution in [0.1, 0.15) is 21.5 Å². The number of nitrogens with one attached hydrogen (secondary N) is 1. The molecule has 1 aromatic heterocycles. The van der Waals surface area contributed by atoms with Gasteiger partial charge in [-0.3, -0.25) is 9.78 Å². The molecule has 0 aliphatic carbocycles. The molecule has 4 N–H and O–H groups in total. The maximum Gasteiger partial charge on any atom is 0.257 e. The zero-order chi connectivity index (χ0) is 15.4. The van der Waals surface area contributed by atoms with Crippen LogP contribution in [-0.4, -0.2) is 21.9 Å². The van der Waals surface area contributed by atoms with E-state index in [0.717, 1.165) is 17.8 Å². The highest BCUT2D eigenvalue weighted by molar-refractivity contribution is 6.05. The normalized spacial score (nSPS) is 11.2. The Morgan fingerprint density at radius 3 is 2.76 bits per heavy atom. The van der Waals surface area contributed by atoms with Gasteiger partial charge in [0.05, 0.1) is 11.8 Å². The summed E-state index contributed by atoms with van der Waals surface area (Å²) in [5.41, 5.74) is 7.32. The van der Waals surface area contributed by atoms with Gasteiger partial charge < -0.3 is 16.3 Å². The minimum absolute atomic E-state index is 0.0714. The molecule has 7 heteroatoms. The Morgan fingerprint density at radius 1 is 1.33 bits per heavy atom. The van der Waals surface area contributed by atoms with Crippen molar-refractivity contribution in [3.05, 3.63) is 59.2 Å². The maximum atomic E-state index is 13.1. The maximum absolute atomic E-state index is 13.1. The van der Waals surface area contributed by atoms with E-state index in [1.807, 2.05) is 0 Å². The summed E-state index contributed by atoms with van der Waals surface area (Å²) < 4.78 is 13.1. The highest BCUT2D eigenvalue weighted by atomic mass is 19.1. The summed E-state index contributed by atoms with van der Waals surface area (Å²) in [4.78, 5) is 15.7. The van der Waals surface area contributed by atoms with Gasteiger partial charge in [0.25, 0.3) is 5.91 Å². The molecule has 6 nitrogen and oxygen atoms in total. The van der Waals surface area contributed by atoms with Crippen LogP contribution in [0.3, 0.4) is 0 Å². The fraction of sp³-hybridized carbons (Fsp3) is 0.0714. The van der Waals surface area contributed by atoms with E-state index in [1.165, 1.54) is 6.20 Å². The van der Waals surface area contributed by atoms with Crippen molar-refractivity contribution >= 4 is 17.4 Å². The van der Waals surface area contributed by atoms with Crippen LogP contribution in [0.2, 0.25) is 0 Å². The zero-order valence-electron chi connectivity index (χ0n) is 11.2. The molecule has 108 valence electrons. The third kappa shape index (κ3) is 3.33. The highest BCUT2D eigenvalue weighted by Gasteiger charge is 2.10. The molecule has 0 unspecified atom stereocenters. The Labute approximate surface area is 120 Å². The summed E-state index contributed by atoms with van der Waals surface area (Å²) in [6, 6.07) is 6.02. The Kier molecular flexibility index (Phi) is 4.13. The molecule has 0 spiro atoms. The molecule has 21 heavy (non-hydrogen) atoms. The Hall–Kier alpha value is -2.96. The molecule has 1 heterocycles. The topological polar surface area (TPSA) is 101 Å². The third-order valence-corrected chi connectivity index (χ3v) is 2.86. The van der Waals surface area contributed by atoms with E-state index < -0.39 is 11.7 Å². The van der Waals surface area contributed by atoms with E-state index in [2.05, 4.69) is 15.5 Å². The average molecular weight is 288 g/mol. The molecule has 1 amide bonds. The Bertz CT molecular complexity index is 716. The van der Waals surface area contributed by atoms with Gasteiger partial charge in [-0.1, -0.05) is 17.3 Å². The number of pyridine rings is 1. The summed E-state index contributed by atoms with van der Waals surface area (Å²) in [7, 11) is 0. The summed E-state index contributed by atoms with van der Waals surface area (Å²) in [6.07, 6.45) is 2.28. The van der Waals surface area contributed by atoms with Gasteiger partial charge in [0.2, 0.25) is 0 Å². The molecule has 0 bridgehead atoms. The van der Waals surface area contributed by atoms with E-state index in [4.69, 9.17) is 10.9 Å². The fourth-order valence-corrected chi connectivity index (χ4v) is 1.70. The van der Waals surface area contributed by atoms with Crippen molar-refractivity contribution in [3.63, 3.8) is 0 Å². The number of rotatable bonds is 3. The second kappa shape index (κ2) is 6.00. The molecule has 2 aromatic rings. The summed E-state index contributed by atoms with van der Waals surface area (Å²) in [5.74, 6) is -1.16. The monoisotopic (exact) mass is 288 g/mol. The molecule has 0 saturated carbocycles. The number of aromatic nitrogens is 1. The lowest BCUT2D eigenvalue weighted by molar-refractivity contribution is 0.102. The van der Waals surface area contributed by atoms with Gasteiger partial charge in [0, 0.05) is 17.4 Å². The Morgan fingerprint density at radius 2 is 2.10 bits per heavy atom. The predicted molar refractivity (Wildman–Crippen MR) is 75.8 cm³/mol. The van der Waals surface area contributed by atoms with Gasteiger partial charge in [-0.15, -0.1) is 0 Å². The van der Waals surface area contributed by atoms with E-state index in [9.17, 15) is 9.18 Å². The number of amidine groups is 1. The van der Waals surface area contributed by atoms with Crippen molar-refractivity contribution in [1.29, 1.82) is 0 Å². The second-order valence-electron chi connectivity index (χ2n) is 4.36. The molecule has 0 aliphatic heterocycles. The van der Waals surface area contributed by atoms with Gasteiger partial charge in [-0.05, 0) is 24.6 Å². The number of carbonyl (C=O) groups is 1. The number of nitrogens with zero attached hydrogens (tertiary/aromatic N) is 2. The molecule has 0 radical (unpaired) electrons. The lowest BCUT2D eigenvalue weighted by atomic mass is 10.1. The first-order valence-electron chi connectivity index (χ1n) is 6.01. The first kappa shape index (κ1) is 14.4. The summed E-state index contributed by atoms with van der Waals surface area (Å²) in [6.45, 7) is 1.79. The van der Waals surface area contributed by atoms with Crippen molar-refractivity contribution in [1.82, 2.24) is 4.98 Å². The standard InChI is InChI=1S/C14H13FN4O2/c1-8-2-3-9(13(16)19-21)5-12(8)18-14(20)10-4-11(15)7-17-6-10/h2-7,21H,1H3,(H2,16,19)(H,18,20). The van der Waals surface area contributed by atoms with Crippen LogP contribution in [0.25, 0.3) is 0 Å². The number of halogens is 1.